The first-order valence-corrected chi connectivity index (χ1v) is 7.77. The van der Waals surface area contributed by atoms with Crippen LogP contribution in [-0.2, 0) is 11.3 Å². The van der Waals surface area contributed by atoms with Gasteiger partial charge in [0.05, 0.1) is 0 Å². The second kappa shape index (κ2) is 8.52. The summed E-state index contributed by atoms with van der Waals surface area (Å²) < 4.78 is 0. The largest absolute Gasteiger partial charge is 0.352 e. The minimum Gasteiger partial charge on any atom is -0.352 e. The minimum atomic E-state index is -0.0260. The third kappa shape index (κ3) is 6.01. The van der Waals surface area contributed by atoms with Crippen molar-refractivity contribution in [3.05, 3.63) is 29.8 Å². The Hall–Kier alpha value is -1.31. The van der Waals surface area contributed by atoms with E-state index in [-0.39, 0.29) is 35.4 Å². The summed E-state index contributed by atoms with van der Waals surface area (Å²) in [6.45, 7) is 7.83. The standard InChI is InChI=1S/C17H26N4O.HI/c1-17(2,3)20-16(18-4)19-12-13-7-9-14(10-8-13)21-11-5-6-15(21)22;/h7-10H,5-6,11-12H2,1-4H3,(H2,18,19,20);1H. The molecular formula is C17H27IN4O. The average Bonchev–Trinajstić information content (AvgIpc) is 2.89. The van der Waals surface area contributed by atoms with Crippen LogP contribution in [0.3, 0.4) is 0 Å². The molecule has 0 bridgehead atoms. The van der Waals surface area contributed by atoms with Crippen molar-refractivity contribution in [2.75, 3.05) is 18.5 Å². The lowest BCUT2D eigenvalue weighted by Crippen LogP contribution is -2.47. The second-order valence-electron chi connectivity index (χ2n) is 6.62. The summed E-state index contributed by atoms with van der Waals surface area (Å²) in [5, 5.41) is 6.62. The lowest BCUT2D eigenvalue weighted by Gasteiger charge is -2.23. The van der Waals surface area contributed by atoms with Crippen LogP contribution in [0.5, 0.6) is 0 Å². The maximum atomic E-state index is 11.7. The molecule has 6 heteroatoms. The van der Waals surface area contributed by atoms with E-state index in [4.69, 9.17) is 0 Å². The van der Waals surface area contributed by atoms with Gasteiger partial charge in [-0.2, -0.15) is 0 Å². The van der Waals surface area contributed by atoms with Crippen molar-refractivity contribution in [3.8, 4) is 0 Å². The summed E-state index contributed by atoms with van der Waals surface area (Å²) >= 11 is 0. The molecular weight excluding hydrogens is 403 g/mol. The van der Waals surface area contributed by atoms with Crippen molar-refractivity contribution in [1.82, 2.24) is 10.6 Å². The smallest absolute Gasteiger partial charge is 0.227 e. The van der Waals surface area contributed by atoms with Crippen LogP contribution >= 0.6 is 24.0 Å². The number of carbonyl (C=O) groups is 1. The Morgan fingerprint density at radius 2 is 1.91 bits per heavy atom. The summed E-state index contributed by atoms with van der Waals surface area (Å²) in [4.78, 5) is 17.8. The van der Waals surface area contributed by atoms with Gasteiger partial charge in [-0.25, -0.2) is 0 Å². The van der Waals surface area contributed by atoms with Crippen molar-refractivity contribution in [2.45, 2.75) is 45.7 Å². The first-order chi connectivity index (χ1) is 10.4. The maximum Gasteiger partial charge on any atom is 0.227 e. The Morgan fingerprint density at radius 1 is 1.26 bits per heavy atom. The fourth-order valence-corrected chi connectivity index (χ4v) is 2.44. The molecule has 0 radical (unpaired) electrons. The number of benzene rings is 1. The number of nitrogens with zero attached hydrogens (tertiary/aromatic N) is 2. The normalized spacial score (nSPS) is 15.4. The molecule has 23 heavy (non-hydrogen) atoms. The van der Waals surface area contributed by atoms with Gasteiger partial charge in [0.1, 0.15) is 0 Å². The van der Waals surface area contributed by atoms with Crippen LogP contribution in [0, 0.1) is 0 Å². The Bertz CT molecular complexity index is 549. The molecule has 2 rings (SSSR count). The first kappa shape index (κ1) is 19.7. The van der Waals surface area contributed by atoms with Crippen molar-refractivity contribution in [2.24, 2.45) is 4.99 Å². The van der Waals surface area contributed by atoms with Crippen LogP contribution in [-0.4, -0.2) is 31.0 Å². The highest BCUT2D eigenvalue weighted by Crippen LogP contribution is 2.21. The number of nitrogens with one attached hydrogen (secondary N) is 2. The Morgan fingerprint density at radius 3 is 2.39 bits per heavy atom. The fourth-order valence-electron chi connectivity index (χ4n) is 2.44. The molecule has 0 aliphatic carbocycles. The molecule has 1 aromatic rings. The molecule has 128 valence electrons. The molecule has 0 atom stereocenters. The van der Waals surface area contributed by atoms with Crippen molar-refractivity contribution < 1.29 is 4.79 Å². The number of halogens is 1. The lowest BCUT2D eigenvalue weighted by molar-refractivity contribution is -0.117. The fraction of sp³-hybridized carbons (Fsp3) is 0.529. The summed E-state index contributed by atoms with van der Waals surface area (Å²) in [5.41, 5.74) is 2.12. The molecule has 1 aliphatic heterocycles. The number of aliphatic imine (C=N–C) groups is 1. The number of amides is 1. The predicted octanol–water partition coefficient (Wildman–Crippen LogP) is 2.89. The van der Waals surface area contributed by atoms with Crippen LogP contribution in [0.25, 0.3) is 0 Å². The van der Waals surface area contributed by atoms with E-state index in [1.54, 1.807) is 7.05 Å². The van der Waals surface area contributed by atoms with E-state index >= 15 is 0 Å². The molecule has 1 aromatic carbocycles. The van der Waals surface area contributed by atoms with Gasteiger partial charge in [0, 0.05) is 37.8 Å². The third-order valence-corrected chi connectivity index (χ3v) is 3.50. The van der Waals surface area contributed by atoms with Gasteiger partial charge >= 0.3 is 0 Å². The van der Waals surface area contributed by atoms with Crippen molar-refractivity contribution in [1.29, 1.82) is 0 Å². The number of anilines is 1. The number of guanidine groups is 1. The summed E-state index contributed by atoms with van der Waals surface area (Å²) in [6.07, 6.45) is 1.62. The van der Waals surface area contributed by atoms with E-state index in [1.807, 2.05) is 17.0 Å². The van der Waals surface area contributed by atoms with Crippen molar-refractivity contribution in [3.63, 3.8) is 0 Å². The van der Waals surface area contributed by atoms with Crippen LogP contribution in [0.2, 0.25) is 0 Å². The predicted molar refractivity (Wildman–Crippen MR) is 107 cm³/mol. The zero-order valence-corrected chi connectivity index (χ0v) is 16.7. The minimum absolute atomic E-state index is 0. The number of carbonyl (C=O) groups excluding carboxylic acids is 1. The van der Waals surface area contributed by atoms with Crippen LogP contribution < -0.4 is 15.5 Å². The summed E-state index contributed by atoms with van der Waals surface area (Å²) in [5.74, 6) is 1.01. The monoisotopic (exact) mass is 430 g/mol. The zero-order chi connectivity index (χ0) is 16.2. The molecule has 1 fully saturated rings. The second-order valence-corrected chi connectivity index (χ2v) is 6.62. The summed E-state index contributed by atoms with van der Waals surface area (Å²) in [7, 11) is 1.77. The van der Waals surface area contributed by atoms with E-state index in [9.17, 15) is 4.79 Å². The average molecular weight is 430 g/mol. The maximum absolute atomic E-state index is 11.7. The van der Waals surface area contributed by atoms with Crippen LogP contribution in [0.15, 0.2) is 29.3 Å². The first-order valence-electron chi connectivity index (χ1n) is 7.77. The van der Waals surface area contributed by atoms with Gasteiger partial charge in [-0.05, 0) is 44.9 Å². The Kier molecular flexibility index (Phi) is 7.31. The van der Waals surface area contributed by atoms with Gasteiger partial charge < -0.3 is 15.5 Å². The molecule has 1 amide bonds. The highest BCUT2D eigenvalue weighted by Gasteiger charge is 2.21. The van der Waals surface area contributed by atoms with E-state index in [0.717, 1.165) is 30.2 Å². The van der Waals surface area contributed by atoms with E-state index in [1.165, 1.54) is 0 Å². The molecule has 2 N–H and O–H groups in total. The van der Waals surface area contributed by atoms with Gasteiger partial charge in [0.15, 0.2) is 5.96 Å². The Balaban J connectivity index is 0.00000264. The molecule has 0 unspecified atom stereocenters. The highest BCUT2D eigenvalue weighted by atomic mass is 127. The van der Waals surface area contributed by atoms with Crippen molar-refractivity contribution >= 4 is 41.5 Å². The number of hydrogen-bond donors (Lipinski definition) is 2. The zero-order valence-electron chi connectivity index (χ0n) is 14.3. The molecule has 0 spiro atoms. The highest BCUT2D eigenvalue weighted by molar-refractivity contribution is 14.0. The van der Waals surface area contributed by atoms with Gasteiger partial charge in [0.25, 0.3) is 0 Å². The van der Waals surface area contributed by atoms with E-state index in [0.29, 0.717) is 13.0 Å². The quantitative estimate of drug-likeness (QED) is 0.441. The van der Waals surface area contributed by atoms with Gasteiger partial charge in [-0.1, -0.05) is 12.1 Å². The molecule has 0 saturated carbocycles. The van der Waals surface area contributed by atoms with Gasteiger partial charge in [-0.15, -0.1) is 24.0 Å². The van der Waals surface area contributed by atoms with Crippen LogP contribution in [0.1, 0.15) is 39.2 Å². The molecule has 1 aliphatic rings. The molecule has 5 nitrogen and oxygen atoms in total. The molecule has 1 heterocycles. The third-order valence-electron chi connectivity index (χ3n) is 3.50. The Labute approximate surface area is 156 Å². The van der Waals surface area contributed by atoms with E-state index < -0.39 is 0 Å². The van der Waals surface area contributed by atoms with Gasteiger partial charge in [-0.3, -0.25) is 9.79 Å². The lowest BCUT2D eigenvalue weighted by atomic mass is 10.1. The molecule has 0 aromatic heterocycles. The van der Waals surface area contributed by atoms with E-state index in [2.05, 4.69) is 48.5 Å². The number of rotatable bonds is 3. The topological polar surface area (TPSA) is 56.7 Å². The number of hydrogen-bond acceptors (Lipinski definition) is 2. The molecule has 1 saturated heterocycles. The van der Waals surface area contributed by atoms with Gasteiger partial charge in [0.2, 0.25) is 5.91 Å². The SMILES string of the molecule is CN=C(NCc1ccc(N2CCCC2=O)cc1)NC(C)(C)C.I. The summed E-state index contributed by atoms with van der Waals surface area (Å²) in [6, 6.07) is 8.14. The van der Waals surface area contributed by atoms with Crippen LogP contribution in [0.4, 0.5) is 5.69 Å².